The fourth-order valence-corrected chi connectivity index (χ4v) is 2.28. The first-order valence-corrected chi connectivity index (χ1v) is 5.44. The van der Waals surface area contributed by atoms with Gasteiger partial charge in [0.1, 0.15) is 11.3 Å². The maximum atomic E-state index is 10.4. The minimum atomic E-state index is -0.442. The maximum Gasteiger partial charge on any atom is 0.235 e. The van der Waals surface area contributed by atoms with E-state index in [0.29, 0.717) is 10.8 Å². The zero-order valence-corrected chi connectivity index (χ0v) is 9.97. The topological polar surface area (TPSA) is 38.7 Å². The van der Waals surface area contributed by atoms with E-state index in [1.807, 2.05) is 19.1 Å². The van der Waals surface area contributed by atoms with Crippen molar-refractivity contribution in [3.63, 3.8) is 0 Å². The molecule has 1 aliphatic carbocycles. The number of halogens is 1. The normalized spacial score (nSPS) is 16.4. The first-order chi connectivity index (χ1) is 7.63. The molecule has 4 heteroatoms. The third-order valence-corrected chi connectivity index (χ3v) is 3.16. The minimum Gasteiger partial charge on any atom is -0.495 e. The average molecular weight is 238 g/mol. The third kappa shape index (κ3) is 1.73. The SMILES string of the molecule is COc1c(Cl)cc(C)cc1C1(N=C=O)CC1. The Morgan fingerprint density at radius 3 is 2.69 bits per heavy atom. The lowest BCUT2D eigenvalue weighted by Gasteiger charge is -2.15. The Morgan fingerprint density at radius 1 is 1.50 bits per heavy atom. The molecule has 0 aliphatic heterocycles. The van der Waals surface area contributed by atoms with Crippen LogP contribution in [-0.4, -0.2) is 13.2 Å². The van der Waals surface area contributed by atoms with E-state index >= 15 is 0 Å². The summed E-state index contributed by atoms with van der Waals surface area (Å²) in [5.74, 6) is 0.615. The van der Waals surface area contributed by atoms with Crippen molar-refractivity contribution in [1.82, 2.24) is 0 Å². The quantitative estimate of drug-likeness (QED) is 0.599. The van der Waals surface area contributed by atoms with Crippen LogP contribution in [0.5, 0.6) is 5.75 Å². The van der Waals surface area contributed by atoms with Gasteiger partial charge in [0.25, 0.3) is 0 Å². The van der Waals surface area contributed by atoms with Gasteiger partial charge in [0.15, 0.2) is 0 Å². The Kier molecular flexibility index (Phi) is 2.75. The van der Waals surface area contributed by atoms with Gasteiger partial charge in [-0.3, -0.25) is 0 Å². The second-order valence-corrected chi connectivity index (χ2v) is 4.47. The lowest BCUT2D eigenvalue weighted by molar-refractivity contribution is 0.404. The van der Waals surface area contributed by atoms with Gasteiger partial charge in [0, 0.05) is 5.56 Å². The van der Waals surface area contributed by atoms with Crippen LogP contribution in [0.25, 0.3) is 0 Å². The van der Waals surface area contributed by atoms with Crippen LogP contribution >= 0.6 is 11.6 Å². The molecule has 0 unspecified atom stereocenters. The molecule has 1 aromatic carbocycles. The number of methoxy groups -OCH3 is 1. The number of ether oxygens (including phenoxy) is 1. The smallest absolute Gasteiger partial charge is 0.235 e. The fourth-order valence-electron chi connectivity index (χ4n) is 1.93. The Balaban J connectivity index is 2.59. The predicted octanol–water partition coefficient (Wildman–Crippen LogP) is 2.98. The highest BCUT2D eigenvalue weighted by Crippen LogP contribution is 2.53. The lowest BCUT2D eigenvalue weighted by atomic mass is 10.0. The molecular weight excluding hydrogens is 226 g/mol. The van der Waals surface area contributed by atoms with Crippen molar-refractivity contribution in [2.45, 2.75) is 25.3 Å². The summed E-state index contributed by atoms with van der Waals surface area (Å²) in [6.45, 7) is 1.95. The first-order valence-electron chi connectivity index (χ1n) is 5.06. The number of nitrogens with zero attached hydrogens (tertiary/aromatic N) is 1. The molecule has 1 aromatic rings. The molecule has 2 rings (SSSR count). The number of carbonyl (C=O) groups excluding carboxylic acids is 1. The zero-order valence-electron chi connectivity index (χ0n) is 9.21. The summed E-state index contributed by atoms with van der Waals surface area (Å²) in [6, 6.07) is 3.81. The largest absolute Gasteiger partial charge is 0.495 e. The fraction of sp³-hybridized carbons (Fsp3) is 0.417. The molecule has 0 amide bonds. The minimum absolute atomic E-state index is 0.442. The maximum absolute atomic E-state index is 10.4. The van der Waals surface area contributed by atoms with Crippen molar-refractivity contribution in [3.05, 3.63) is 28.3 Å². The van der Waals surface area contributed by atoms with Crippen LogP contribution in [0.3, 0.4) is 0 Å². The summed E-state index contributed by atoms with van der Waals surface area (Å²) < 4.78 is 5.28. The Morgan fingerprint density at radius 2 is 2.19 bits per heavy atom. The number of aliphatic imine (C=N–C) groups is 1. The van der Waals surface area contributed by atoms with E-state index in [4.69, 9.17) is 16.3 Å². The van der Waals surface area contributed by atoms with Gasteiger partial charge < -0.3 is 4.74 Å². The number of hydrogen-bond acceptors (Lipinski definition) is 3. The summed E-state index contributed by atoms with van der Waals surface area (Å²) in [5.41, 5.74) is 1.49. The van der Waals surface area contributed by atoms with Crippen molar-refractivity contribution in [3.8, 4) is 5.75 Å². The molecule has 0 atom stereocenters. The molecule has 1 aliphatic rings. The van der Waals surface area contributed by atoms with Gasteiger partial charge in [-0.2, -0.15) is 4.99 Å². The van der Waals surface area contributed by atoms with Gasteiger partial charge in [-0.1, -0.05) is 11.6 Å². The van der Waals surface area contributed by atoms with Crippen LogP contribution in [-0.2, 0) is 10.3 Å². The van der Waals surface area contributed by atoms with E-state index < -0.39 is 5.54 Å². The molecule has 0 radical (unpaired) electrons. The van der Waals surface area contributed by atoms with Gasteiger partial charge >= 0.3 is 0 Å². The number of aryl methyl sites for hydroxylation is 1. The summed E-state index contributed by atoms with van der Waals surface area (Å²) in [5, 5.41) is 0.560. The van der Waals surface area contributed by atoms with Crippen LogP contribution in [0.1, 0.15) is 24.0 Å². The Hall–Kier alpha value is -1.31. The summed E-state index contributed by atoms with van der Waals surface area (Å²) in [6.07, 6.45) is 3.33. The highest BCUT2D eigenvalue weighted by atomic mass is 35.5. The molecular formula is C12H12ClNO2. The second kappa shape index (κ2) is 3.93. The van der Waals surface area contributed by atoms with Crippen molar-refractivity contribution >= 4 is 17.7 Å². The molecule has 1 fully saturated rings. The second-order valence-electron chi connectivity index (χ2n) is 4.06. The van der Waals surface area contributed by atoms with Crippen LogP contribution in [0, 0.1) is 6.92 Å². The van der Waals surface area contributed by atoms with E-state index in [-0.39, 0.29) is 0 Å². The first kappa shape index (κ1) is 11.2. The molecule has 16 heavy (non-hydrogen) atoms. The van der Waals surface area contributed by atoms with E-state index in [9.17, 15) is 4.79 Å². The van der Waals surface area contributed by atoms with Crippen molar-refractivity contribution in [2.75, 3.05) is 7.11 Å². The monoisotopic (exact) mass is 237 g/mol. The van der Waals surface area contributed by atoms with E-state index in [1.54, 1.807) is 13.2 Å². The number of hydrogen-bond donors (Lipinski definition) is 0. The predicted molar refractivity (Wildman–Crippen MR) is 61.8 cm³/mol. The molecule has 0 bridgehead atoms. The highest BCUT2D eigenvalue weighted by molar-refractivity contribution is 6.32. The van der Waals surface area contributed by atoms with Gasteiger partial charge in [0.05, 0.1) is 12.1 Å². The van der Waals surface area contributed by atoms with Crippen molar-refractivity contribution in [1.29, 1.82) is 0 Å². The van der Waals surface area contributed by atoms with E-state index in [1.165, 1.54) is 0 Å². The standard InChI is InChI=1S/C12H12ClNO2/c1-8-5-9(11(16-2)10(13)6-8)12(3-4-12)14-7-15/h5-6H,3-4H2,1-2H3. The molecule has 0 spiro atoms. The van der Waals surface area contributed by atoms with E-state index in [0.717, 1.165) is 24.0 Å². The van der Waals surface area contributed by atoms with E-state index in [2.05, 4.69) is 4.99 Å². The molecule has 84 valence electrons. The Bertz CT molecular complexity index is 474. The number of rotatable bonds is 3. The summed E-state index contributed by atoms with van der Waals surface area (Å²) in [4.78, 5) is 14.3. The molecule has 1 saturated carbocycles. The number of benzene rings is 1. The molecule has 0 saturated heterocycles. The van der Waals surface area contributed by atoms with Crippen molar-refractivity contribution < 1.29 is 9.53 Å². The average Bonchev–Trinajstić information content (AvgIpc) is 2.98. The molecule has 0 N–H and O–H groups in total. The van der Waals surface area contributed by atoms with Crippen LogP contribution < -0.4 is 4.74 Å². The van der Waals surface area contributed by atoms with Crippen molar-refractivity contribution in [2.24, 2.45) is 4.99 Å². The molecule has 3 nitrogen and oxygen atoms in total. The van der Waals surface area contributed by atoms with Gasteiger partial charge in [-0.25, -0.2) is 4.79 Å². The highest BCUT2D eigenvalue weighted by Gasteiger charge is 2.47. The van der Waals surface area contributed by atoms with Crippen LogP contribution in [0.2, 0.25) is 5.02 Å². The van der Waals surface area contributed by atoms with Gasteiger partial charge in [0.2, 0.25) is 6.08 Å². The van der Waals surface area contributed by atoms with Gasteiger partial charge in [-0.15, -0.1) is 0 Å². The number of isocyanates is 1. The summed E-state index contributed by atoms with van der Waals surface area (Å²) in [7, 11) is 1.57. The zero-order chi connectivity index (χ0) is 11.8. The Labute approximate surface area is 99.1 Å². The molecule has 0 aromatic heterocycles. The van der Waals surface area contributed by atoms with Gasteiger partial charge in [-0.05, 0) is 37.5 Å². The molecule has 0 heterocycles. The lowest BCUT2D eigenvalue weighted by Crippen LogP contribution is -2.06. The third-order valence-electron chi connectivity index (χ3n) is 2.88. The van der Waals surface area contributed by atoms with Crippen LogP contribution in [0.15, 0.2) is 17.1 Å². The van der Waals surface area contributed by atoms with Crippen LogP contribution in [0.4, 0.5) is 0 Å². The summed E-state index contributed by atoms with van der Waals surface area (Å²) >= 11 is 6.10.